The number of rotatable bonds is 6. The molecule has 0 atom stereocenters. The van der Waals surface area contributed by atoms with E-state index in [0.29, 0.717) is 6.54 Å². The zero-order valence-electron chi connectivity index (χ0n) is 15.2. The molecule has 1 heterocycles. The topological polar surface area (TPSA) is 46.9 Å². The van der Waals surface area contributed by atoms with Gasteiger partial charge in [-0.15, -0.1) is 0 Å². The Morgan fingerprint density at radius 2 is 1.93 bits per heavy atom. The molecular formula is C21H17ClF3N3O. The standard InChI is InChI=1S/C21H17ClF3N3O/c22-19-7-6-18(21(23,24)25)11-15(19)5-8-20(29)27-12-16-3-1-2-4-17(16)13-28-10-9-26-14-28/h1-11,14H,12-13H2,(H,27,29)/b8-5+. The first-order chi connectivity index (χ1) is 13.8. The van der Waals surface area contributed by atoms with E-state index in [9.17, 15) is 18.0 Å². The van der Waals surface area contributed by atoms with Gasteiger partial charge in [0.1, 0.15) is 0 Å². The van der Waals surface area contributed by atoms with Crippen molar-refractivity contribution in [2.24, 2.45) is 0 Å². The lowest BCUT2D eigenvalue weighted by Gasteiger charge is -2.10. The number of amides is 1. The summed E-state index contributed by atoms with van der Waals surface area (Å²) in [6.45, 7) is 0.895. The molecule has 0 aliphatic heterocycles. The van der Waals surface area contributed by atoms with Crippen molar-refractivity contribution >= 4 is 23.6 Å². The third-order valence-corrected chi connectivity index (χ3v) is 4.57. The fourth-order valence-electron chi connectivity index (χ4n) is 2.72. The lowest BCUT2D eigenvalue weighted by molar-refractivity contribution is -0.137. The van der Waals surface area contributed by atoms with E-state index in [1.807, 2.05) is 35.0 Å². The molecule has 3 rings (SSSR count). The number of nitrogens with zero attached hydrogens (tertiary/aromatic N) is 2. The maximum Gasteiger partial charge on any atom is 0.416 e. The molecule has 4 nitrogen and oxygen atoms in total. The number of aromatic nitrogens is 2. The molecule has 150 valence electrons. The zero-order valence-corrected chi connectivity index (χ0v) is 15.9. The van der Waals surface area contributed by atoms with Gasteiger partial charge >= 0.3 is 6.18 Å². The van der Waals surface area contributed by atoms with Crippen molar-refractivity contribution in [3.63, 3.8) is 0 Å². The molecule has 0 saturated carbocycles. The molecule has 29 heavy (non-hydrogen) atoms. The molecule has 2 aromatic carbocycles. The molecule has 8 heteroatoms. The lowest BCUT2D eigenvalue weighted by atomic mass is 10.1. The first-order valence-electron chi connectivity index (χ1n) is 8.68. The van der Waals surface area contributed by atoms with E-state index < -0.39 is 17.6 Å². The van der Waals surface area contributed by atoms with E-state index in [0.717, 1.165) is 29.3 Å². The van der Waals surface area contributed by atoms with Crippen molar-refractivity contribution < 1.29 is 18.0 Å². The minimum absolute atomic E-state index is 0.122. The van der Waals surface area contributed by atoms with Crippen LogP contribution in [-0.2, 0) is 24.1 Å². The number of halogens is 4. The average Bonchev–Trinajstić information content (AvgIpc) is 3.19. The monoisotopic (exact) mass is 419 g/mol. The van der Waals surface area contributed by atoms with Crippen molar-refractivity contribution in [2.45, 2.75) is 19.3 Å². The van der Waals surface area contributed by atoms with Crippen LogP contribution in [0.1, 0.15) is 22.3 Å². The molecule has 0 aliphatic carbocycles. The summed E-state index contributed by atoms with van der Waals surface area (Å²) in [5.41, 5.74) is 1.25. The van der Waals surface area contributed by atoms with Crippen LogP contribution in [0.15, 0.2) is 67.3 Å². The second kappa shape index (κ2) is 8.96. The molecule has 0 bridgehead atoms. The second-order valence-electron chi connectivity index (χ2n) is 6.29. The Bertz CT molecular complexity index is 1010. The van der Waals surface area contributed by atoms with Crippen molar-refractivity contribution in [1.82, 2.24) is 14.9 Å². The molecule has 1 amide bonds. The van der Waals surface area contributed by atoms with E-state index in [4.69, 9.17) is 11.6 Å². The number of imidazole rings is 1. The molecule has 0 fully saturated rings. The van der Waals surface area contributed by atoms with Crippen LogP contribution in [0.3, 0.4) is 0 Å². The molecule has 1 aromatic heterocycles. The Morgan fingerprint density at radius 1 is 1.17 bits per heavy atom. The van der Waals surface area contributed by atoms with E-state index in [1.54, 1.807) is 12.5 Å². The van der Waals surface area contributed by atoms with Crippen LogP contribution < -0.4 is 5.32 Å². The van der Waals surface area contributed by atoms with Gasteiger partial charge in [0, 0.05) is 36.6 Å². The van der Waals surface area contributed by atoms with Crippen LogP contribution in [0.2, 0.25) is 5.02 Å². The third-order valence-electron chi connectivity index (χ3n) is 4.22. The average molecular weight is 420 g/mol. The maximum absolute atomic E-state index is 12.8. The fourth-order valence-corrected chi connectivity index (χ4v) is 2.90. The Balaban J connectivity index is 1.65. The predicted molar refractivity (Wildman–Crippen MR) is 105 cm³/mol. The van der Waals surface area contributed by atoms with Gasteiger partial charge in [0.15, 0.2) is 0 Å². The predicted octanol–water partition coefficient (Wildman–Crippen LogP) is 4.93. The summed E-state index contributed by atoms with van der Waals surface area (Å²) < 4.78 is 40.4. The van der Waals surface area contributed by atoms with Gasteiger partial charge in [0.2, 0.25) is 5.91 Å². The fraction of sp³-hybridized carbons (Fsp3) is 0.143. The van der Waals surface area contributed by atoms with Gasteiger partial charge in [-0.2, -0.15) is 13.2 Å². The number of carbonyl (C=O) groups is 1. The van der Waals surface area contributed by atoms with Gasteiger partial charge in [-0.1, -0.05) is 35.9 Å². The second-order valence-corrected chi connectivity index (χ2v) is 6.70. The van der Waals surface area contributed by atoms with E-state index >= 15 is 0 Å². The highest BCUT2D eigenvalue weighted by Crippen LogP contribution is 2.32. The largest absolute Gasteiger partial charge is 0.416 e. The summed E-state index contributed by atoms with van der Waals surface area (Å²) in [6.07, 6.45) is 3.19. The molecule has 0 radical (unpaired) electrons. The highest BCUT2D eigenvalue weighted by Gasteiger charge is 2.30. The molecular weight excluding hydrogens is 403 g/mol. The lowest BCUT2D eigenvalue weighted by Crippen LogP contribution is -2.21. The van der Waals surface area contributed by atoms with Crippen molar-refractivity contribution in [2.75, 3.05) is 0 Å². The van der Waals surface area contributed by atoms with Gasteiger partial charge in [-0.25, -0.2) is 4.98 Å². The van der Waals surface area contributed by atoms with Crippen LogP contribution >= 0.6 is 11.6 Å². The minimum atomic E-state index is -4.48. The van der Waals surface area contributed by atoms with Crippen LogP contribution in [0.4, 0.5) is 13.2 Å². The Morgan fingerprint density at radius 3 is 2.62 bits per heavy atom. The Hall–Kier alpha value is -3.06. The van der Waals surface area contributed by atoms with E-state index in [2.05, 4.69) is 10.3 Å². The van der Waals surface area contributed by atoms with Gasteiger partial charge in [-0.3, -0.25) is 4.79 Å². The van der Waals surface area contributed by atoms with Crippen LogP contribution in [0.5, 0.6) is 0 Å². The number of carbonyl (C=O) groups excluding carboxylic acids is 1. The summed E-state index contributed by atoms with van der Waals surface area (Å²) in [6, 6.07) is 10.6. The van der Waals surface area contributed by atoms with Gasteiger partial charge in [0.05, 0.1) is 11.9 Å². The van der Waals surface area contributed by atoms with Crippen LogP contribution in [-0.4, -0.2) is 15.5 Å². The molecule has 3 aromatic rings. The van der Waals surface area contributed by atoms with Crippen LogP contribution in [0, 0.1) is 0 Å². The quantitative estimate of drug-likeness (QED) is 0.576. The Kier molecular flexibility index (Phi) is 6.39. The molecule has 1 N–H and O–H groups in total. The first kappa shape index (κ1) is 20.7. The Labute approximate surface area is 170 Å². The summed E-state index contributed by atoms with van der Waals surface area (Å²) >= 11 is 5.93. The SMILES string of the molecule is O=C(/C=C/c1cc(C(F)(F)F)ccc1Cl)NCc1ccccc1Cn1ccnc1. The maximum atomic E-state index is 12.8. The summed E-state index contributed by atoms with van der Waals surface area (Å²) in [5, 5.41) is 2.87. The normalized spacial score (nSPS) is 11.7. The number of hydrogen-bond donors (Lipinski definition) is 1. The number of hydrogen-bond acceptors (Lipinski definition) is 2. The molecule has 0 saturated heterocycles. The van der Waals surface area contributed by atoms with Crippen LogP contribution in [0.25, 0.3) is 6.08 Å². The van der Waals surface area contributed by atoms with Gasteiger partial charge < -0.3 is 9.88 Å². The van der Waals surface area contributed by atoms with Gasteiger partial charge in [0.25, 0.3) is 0 Å². The number of nitrogens with one attached hydrogen (secondary N) is 1. The third kappa shape index (κ3) is 5.71. The minimum Gasteiger partial charge on any atom is -0.348 e. The van der Waals surface area contributed by atoms with Gasteiger partial charge in [-0.05, 0) is 41.0 Å². The first-order valence-corrected chi connectivity index (χ1v) is 9.06. The molecule has 0 spiro atoms. The van der Waals surface area contributed by atoms with E-state index in [-0.39, 0.29) is 17.1 Å². The summed E-state index contributed by atoms with van der Waals surface area (Å²) in [7, 11) is 0. The summed E-state index contributed by atoms with van der Waals surface area (Å²) in [4.78, 5) is 16.1. The van der Waals surface area contributed by atoms with Crippen molar-refractivity contribution in [3.05, 3.63) is 94.5 Å². The van der Waals surface area contributed by atoms with Crippen molar-refractivity contribution in [1.29, 1.82) is 0 Å². The number of benzene rings is 2. The summed E-state index contributed by atoms with van der Waals surface area (Å²) in [5.74, 6) is -0.434. The number of alkyl halides is 3. The molecule has 0 unspecified atom stereocenters. The molecule has 0 aliphatic rings. The van der Waals surface area contributed by atoms with E-state index in [1.165, 1.54) is 12.2 Å². The zero-order chi connectivity index (χ0) is 20.9. The highest BCUT2D eigenvalue weighted by atomic mass is 35.5. The smallest absolute Gasteiger partial charge is 0.348 e. The highest BCUT2D eigenvalue weighted by molar-refractivity contribution is 6.32. The van der Waals surface area contributed by atoms with Crippen molar-refractivity contribution in [3.8, 4) is 0 Å².